The Morgan fingerprint density at radius 1 is 1.18 bits per heavy atom. The van der Waals surface area contributed by atoms with Crippen molar-refractivity contribution in [2.24, 2.45) is 0 Å². The summed E-state index contributed by atoms with van der Waals surface area (Å²) in [6, 6.07) is 7.16. The molecule has 0 aromatic heterocycles. The Kier molecular flexibility index (Phi) is 6.37. The van der Waals surface area contributed by atoms with E-state index in [1.54, 1.807) is 19.2 Å². The van der Waals surface area contributed by atoms with Gasteiger partial charge in [-0.2, -0.15) is 0 Å². The number of likely N-dealkylation sites (N-methyl/N-ethyl adjacent to an activating group) is 1. The largest absolute Gasteiger partial charge is 0.497 e. The summed E-state index contributed by atoms with van der Waals surface area (Å²) in [5.74, 6) is 0.469. The van der Waals surface area contributed by atoms with Crippen LogP contribution in [0.5, 0.6) is 5.75 Å². The van der Waals surface area contributed by atoms with E-state index in [0.29, 0.717) is 11.4 Å². The van der Waals surface area contributed by atoms with Crippen molar-refractivity contribution in [3.63, 3.8) is 0 Å². The number of hydrogen-bond donors (Lipinski definition) is 3. The zero-order valence-electron chi connectivity index (χ0n) is 13.9. The van der Waals surface area contributed by atoms with Gasteiger partial charge in [0.25, 0.3) is 11.8 Å². The van der Waals surface area contributed by atoms with Crippen molar-refractivity contribution in [1.29, 1.82) is 0 Å². The number of anilines is 1. The Morgan fingerprint density at radius 3 is 2.41 bits per heavy atom. The van der Waals surface area contributed by atoms with Gasteiger partial charge in [0.15, 0.2) is 13.1 Å². The van der Waals surface area contributed by atoms with Crippen molar-refractivity contribution in [2.45, 2.75) is 26.3 Å². The highest BCUT2D eigenvalue weighted by molar-refractivity contribution is 5.91. The van der Waals surface area contributed by atoms with E-state index in [-0.39, 0.29) is 30.4 Å². The van der Waals surface area contributed by atoms with Gasteiger partial charge < -0.3 is 20.3 Å². The third-order valence-electron chi connectivity index (χ3n) is 2.79. The highest BCUT2D eigenvalue weighted by atomic mass is 16.5. The van der Waals surface area contributed by atoms with Crippen LogP contribution in [0.1, 0.15) is 20.8 Å². The van der Waals surface area contributed by atoms with E-state index in [0.717, 1.165) is 4.90 Å². The lowest BCUT2D eigenvalue weighted by molar-refractivity contribution is -0.862. The van der Waals surface area contributed by atoms with Crippen LogP contribution in [0.25, 0.3) is 0 Å². The van der Waals surface area contributed by atoms with Crippen molar-refractivity contribution < 1.29 is 19.2 Å². The Bertz CT molecular complexity index is 524. The number of carbonyl (C=O) groups excluding carboxylic acids is 2. The smallest absolute Gasteiger partial charge is 0.279 e. The Hall–Kier alpha value is -2.08. The molecule has 6 heteroatoms. The average molecular weight is 308 g/mol. The van der Waals surface area contributed by atoms with Crippen molar-refractivity contribution in [3.8, 4) is 5.75 Å². The number of carbonyl (C=O) groups is 2. The molecule has 1 rings (SSSR count). The van der Waals surface area contributed by atoms with Gasteiger partial charge in [0.1, 0.15) is 5.75 Å². The van der Waals surface area contributed by atoms with Crippen LogP contribution in [0.3, 0.4) is 0 Å². The minimum atomic E-state index is -0.264. The maximum absolute atomic E-state index is 12.0. The van der Waals surface area contributed by atoms with Crippen LogP contribution in [0.4, 0.5) is 5.69 Å². The summed E-state index contributed by atoms with van der Waals surface area (Å²) in [6.07, 6.45) is 0. The molecule has 0 bridgehead atoms. The number of quaternary nitrogens is 1. The van der Waals surface area contributed by atoms with Crippen LogP contribution in [0.2, 0.25) is 0 Å². The predicted octanol–water partition coefficient (Wildman–Crippen LogP) is 0.0631. The molecular weight excluding hydrogens is 282 g/mol. The van der Waals surface area contributed by atoms with E-state index in [1.807, 2.05) is 40.0 Å². The minimum absolute atomic E-state index is 0.0702. The number of ether oxygens (including phenoxy) is 1. The summed E-state index contributed by atoms with van der Waals surface area (Å²) in [4.78, 5) is 24.6. The molecule has 6 nitrogen and oxygen atoms in total. The first-order chi connectivity index (χ1) is 10.2. The molecule has 0 aliphatic rings. The van der Waals surface area contributed by atoms with Crippen LogP contribution in [-0.2, 0) is 9.59 Å². The summed E-state index contributed by atoms with van der Waals surface area (Å²) in [5.41, 5.74) is 0.413. The second-order valence-electron chi connectivity index (χ2n) is 6.39. The van der Waals surface area contributed by atoms with Gasteiger partial charge in [0.05, 0.1) is 14.2 Å². The van der Waals surface area contributed by atoms with Gasteiger partial charge in [-0.05, 0) is 32.9 Å². The molecule has 0 heterocycles. The van der Waals surface area contributed by atoms with Gasteiger partial charge in [-0.15, -0.1) is 0 Å². The van der Waals surface area contributed by atoms with Gasteiger partial charge in [0.2, 0.25) is 0 Å². The zero-order chi connectivity index (χ0) is 16.8. The predicted molar refractivity (Wildman–Crippen MR) is 86.1 cm³/mol. The van der Waals surface area contributed by atoms with Gasteiger partial charge in [0, 0.05) is 17.3 Å². The molecule has 1 aromatic rings. The lowest BCUT2D eigenvalue weighted by Gasteiger charge is -2.21. The molecule has 0 saturated heterocycles. The third kappa shape index (κ3) is 7.08. The second kappa shape index (κ2) is 7.79. The number of methoxy groups -OCH3 is 1. The molecule has 0 aliphatic carbocycles. The molecule has 1 unspecified atom stereocenters. The molecule has 2 amide bonds. The number of benzene rings is 1. The van der Waals surface area contributed by atoms with E-state index in [9.17, 15) is 9.59 Å². The molecule has 0 saturated carbocycles. The first-order valence-corrected chi connectivity index (χ1v) is 7.26. The van der Waals surface area contributed by atoms with Gasteiger partial charge in [-0.25, -0.2) is 0 Å². The molecule has 0 radical (unpaired) electrons. The van der Waals surface area contributed by atoms with E-state index < -0.39 is 0 Å². The normalized spacial score (nSPS) is 12.4. The van der Waals surface area contributed by atoms with Crippen LogP contribution >= 0.6 is 0 Å². The van der Waals surface area contributed by atoms with Crippen LogP contribution in [-0.4, -0.2) is 44.6 Å². The first-order valence-electron chi connectivity index (χ1n) is 7.26. The van der Waals surface area contributed by atoms with E-state index in [4.69, 9.17) is 4.74 Å². The maximum Gasteiger partial charge on any atom is 0.279 e. The van der Waals surface area contributed by atoms with Gasteiger partial charge in [-0.3, -0.25) is 9.59 Å². The van der Waals surface area contributed by atoms with Crippen molar-refractivity contribution in [3.05, 3.63) is 24.3 Å². The number of hydrogen-bond acceptors (Lipinski definition) is 3. The van der Waals surface area contributed by atoms with Gasteiger partial charge in [-0.1, -0.05) is 6.07 Å². The minimum Gasteiger partial charge on any atom is -0.497 e. The van der Waals surface area contributed by atoms with Crippen molar-refractivity contribution in [2.75, 3.05) is 32.6 Å². The zero-order valence-corrected chi connectivity index (χ0v) is 13.9. The molecule has 1 atom stereocenters. The van der Waals surface area contributed by atoms with E-state index in [1.165, 1.54) is 0 Å². The quantitative estimate of drug-likeness (QED) is 0.696. The summed E-state index contributed by atoms with van der Waals surface area (Å²) in [7, 11) is 3.39. The number of nitrogens with one attached hydrogen (secondary N) is 3. The summed E-state index contributed by atoms with van der Waals surface area (Å²) in [6.45, 7) is 6.25. The fourth-order valence-electron chi connectivity index (χ4n) is 1.98. The Balaban J connectivity index is 2.45. The Morgan fingerprint density at radius 2 is 1.82 bits per heavy atom. The molecule has 1 aromatic carbocycles. The van der Waals surface area contributed by atoms with Crippen LogP contribution < -0.4 is 20.3 Å². The fourth-order valence-corrected chi connectivity index (χ4v) is 1.98. The maximum atomic E-state index is 12.0. The average Bonchev–Trinajstić information content (AvgIpc) is 2.35. The molecule has 0 spiro atoms. The summed E-state index contributed by atoms with van der Waals surface area (Å²) >= 11 is 0. The monoisotopic (exact) mass is 308 g/mol. The van der Waals surface area contributed by atoms with E-state index in [2.05, 4.69) is 10.6 Å². The molecule has 22 heavy (non-hydrogen) atoms. The fraction of sp³-hybridized carbons (Fsp3) is 0.500. The SMILES string of the molecule is COc1cccc(NC(=O)C[NH+](C)CC(=O)NC(C)(C)C)c1. The number of amides is 2. The Labute approximate surface area is 131 Å². The van der Waals surface area contributed by atoms with Crippen LogP contribution in [0, 0.1) is 0 Å². The lowest BCUT2D eigenvalue weighted by Crippen LogP contribution is -3.11. The molecule has 3 N–H and O–H groups in total. The lowest BCUT2D eigenvalue weighted by atomic mass is 10.1. The summed E-state index contributed by atoms with van der Waals surface area (Å²) in [5, 5.41) is 5.68. The topological polar surface area (TPSA) is 71.9 Å². The van der Waals surface area contributed by atoms with Gasteiger partial charge >= 0.3 is 0 Å². The molecule has 0 aliphatic heterocycles. The second-order valence-corrected chi connectivity index (χ2v) is 6.39. The highest BCUT2D eigenvalue weighted by Gasteiger charge is 2.18. The van der Waals surface area contributed by atoms with Crippen molar-refractivity contribution in [1.82, 2.24) is 5.32 Å². The van der Waals surface area contributed by atoms with Crippen molar-refractivity contribution >= 4 is 17.5 Å². The molecule has 122 valence electrons. The van der Waals surface area contributed by atoms with E-state index >= 15 is 0 Å². The first kappa shape index (κ1) is 18.0. The van der Waals surface area contributed by atoms with Crippen LogP contribution in [0.15, 0.2) is 24.3 Å². The molecule has 0 fully saturated rings. The standard InChI is InChI=1S/C16H25N3O3/c1-16(2,3)18-15(21)11-19(4)10-14(20)17-12-7-6-8-13(9-12)22-5/h6-9H,10-11H2,1-5H3,(H,17,20)(H,18,21)/p+1. The summed E-state index contributed by atoms with van der Waals surface area (Å²) < 4.78 is 5.11. The number of rotatable bonds is 6. The highest BCUT2D eigenvalue weighted by Crippen LogP contribution is 2.16. The molecular formula is C16H26N3O3+. The third-order valence-corrected chi connectivity index (χ3v) is 2.79.